The van der Waals surface area contributed by atoms with Crippen molar-refractivity contribution in [3.8, 4) is 5.75 Å². The molecule has 0 aliphatic carbocycles. The summed E-state index contributed by atoms with van der Waals surface area (Å²) in [5.74, 6) is -1.00. The summed E-state index contributed by atoms with van der Waals surface area (Å²) in [5, 5.41) is 10.7. The van der Waals surface area contributed by atoms with Crippen LogP contribution in [0.15, 0.2) is 18.2 Å². The van der Waals surface area contributed by atoms with E-state index in [2.05, 4.69) is 4.74 Å². The first-order valence-electron chi connectivity index (χ1n) is 4.74. The maximum absolute atomic E-state index is 12.0. The molecule has 0 atom stereocenters. The SMILES string of the molecule is O=C(CCl)Cc1cc(OC(F)F)ccc1[N+](=O)[O-]. The zero-order valence-electron chi connectivity index (χ0n) is 8.94. The van der Waals surface area contributed by atoms with Gasteiger partial charge in [0.2, 0.25) is 0 Å². The fourth-order valence-corrected chi connectivity index (χ4v) is 1.41. The second-order valence-corrected chi connectivity index (χ2v) is 3.54. The van der Waals surface area contributed by atoms with E-state index >= 15 is 0 Å². The van der Waals surface area contributed by atoms with Gasteiger partial charge in [0, 0.05) is 18.1 Å². The second kappa shape index (κ2) is 6.25. The lowest BCUT2D eigenvalue weighted by atomic mass is 10.1. The highest BCUT2D eigenvalue weighted by Crippen LogP contribution is 2.25. The average molecular weight is 280 g/mol. The van der Waals surface area contributed by atoms with Gasteiger partial charge in [-0.05, 0) is 12.1 Å². The summed E-state index contributed by atoms with van der Waals surface area (Å²) in [5.41, 5.74) is -0.348. The predicted octanol–water partition coefficient (Wildman–Crippen LogP) is 2.55. The molecule has 5 nitrogen and oxygen atoms in total. The third-order valence-corrected chi connectivity index (χ3v) is 2.31. The van der Waals surface area contributed by atoms with Gasteiger partial charge in [-0.25, -0.2) is 0 Å². The number of alkyl halides is 3. The molecule has 0 amide bonds. The van der Waals surface area contributed by atoms with Crippen LogP contribution >= 0.6 is 11.6 Å². The Morgan fingerprint density at radius 2 is 2.17 bits per heavy atom. The summed E-state index contributed by atoms with van der Waals surface area (Å²) in [6.45, 7) is -3.04. The summed E-state index contributed by atoms with van der Waals surface area (Å²) in [7, 11) is 0. The number of hydrogen-bond acceptors (Lipinski definition) is 4. The van der Waals surface area contributed by atoms with Gasteiger partial charge in [-0.2, -0.15) is 8.78 Å². The maximum Gasteiger partial charge on any atom is 0.387 e. The first-order chi connectivity index (χ1) is 8.43. The molecule has 0 unspecified atom stereocenters. The molecule has 0 fully saturated rings. The smallest absolute Gasteiger partial charge is 0.387 e. The molecular formula is C10H8ClF2NO4. The number of ketones is 1. The van der Waals surface area contributed by atoms with E-state index in [0.717, 1.165) is 18.2 Å². The van der Waals surface area contributed by atoms with Crippen molar-refractivity contribution in [2.75, 3.05) is 5.88 Å². The third kappa shape index (κ3) is 3.92. The summed E-state index contributed by atoms with van der Waals surface area (Å²) in [6, 6.07) is 3.09. The van der Waals surface area contributed by atoms with Crippen LogP contribution in [0, 0.1) is 10.1 Å². The van der Waals surface area contributed by atoms with Gasteiger partial charge in [0.25, 0.3) is 5.69 Å². The van der Waals surface area contributed by atoms with Crippen molar-refractivity contribution >= 4 is 23.1 Å². The van der Waals surface area contributed by atoms with Crippen molar-refractivity contribution in [3.05, 3.63) is 33.9 Å². The molecule has 0 aliphatic rings. The number of rotatable bonds is 6. The Kier molecular flexibility index (Phi) is 4.96. The third-order valence-electron chi connectivity index (χ3n) is 2.01. The van der Waals surface area contributed by atoms with E-state index in [1.54, 1.807) is 0 Å². The molecule has 1 rings (SSSR count). The molecule has 0 saturated carbocycles. The number of benzene rings is 1. The second-order valence-electron chi connectivity index (χ2n) is 3.28. The van der Waals surface area contributed by atoms with E-state index in [9.17, 15) is 23.7 Å². The summed E-state index contributed by atoms with van der Waals surface area (Å²) >= 11 is 5.29. The lowest BCUT2D eigenvalue weighted by Gasteiger charge is -2.07. The highest BCUT2D eigenvalue weighted by atomic mass is 35.5. The zero-order valence-corrected chi connectivity index (χ0v) is 9.69. The fourth-order valence-electron chi connectivity index (χ4n) is 1.32. The van der Waals surface area contributed by atoms with E-state index in [1.807, 2.05) is 0 Å². The molecule has 0 saturated heterocycles. The Labute approximate surface area is 105 Å². The minimum atomic E-state index is -3.04. The quantitative estimate of drug-likeness (QED) is 0.456. The van der Waals surface area contributed by atoms with Crippen LogP contribution in [0.3, 0.4) is 0 Å². The molecule has 0 spiro atoms. The van der Waals surface area contributed by atoms with Gasteiger partial charge in [0.1, 0.15) is 5.75 Å². The Morgan fingerprint density at radius 1 is 1.50 bits per heavy atom. The summed E-state index contributed by atoms with van der Waals surface area (Å²) in [4.78, 5) is 21.1. The standard InChI is InChI=1S/C10H8ClF2NO4/c11-5-7(15)3-6-4-8(18-10(12)13)1-2-9(6)14(16)17/h1-2,4,10H,3,5H2. The van der Waals surface area contributed by atoms with Gasteiger partial charge >= 0.3 is 6.61 Å². The molecule has 1 aromatic carbocycles. The summed E-state index contributed by atoms with van der Waals surface area (Å²) < 4.78 is 28.1. The monoisotopic (exact) mass is 279 g/mol. The first-order valence-corrected chi connectivity index (χ1v) is 5.27. The molecule has 18 heavy (non-hydrogen) atoms. The Balaban J connectivity index is 3.07. The van der Waals surface area contributed by atoms with Crippen molar-refractivity contribution in [1.29, 1.82) is 0 Å². The van der Waals surface area contributed by atoms with E-state index < -0.39 is 17.3 Å². The Hall–Kier alpha value is -1.76. The Bertz CT molecular complexity index is 467. The highest BCUT2D eigenvalue weighted by molar-refractivity contribution is 6.27. The van der Waals surface area contributed by atoms with Crippen LogP contribution in [-0.4, -0.2) is 23.2 Å². The van der Waals surface area contributed by atoms with Gasteiger partial charge in [-0.1, -0.05) is 0 Å². The largest absolute Gasteiger partial charge is 0.435 e. The van der Waals surface area contributed by atoms with Crippen LogP contribution in [0.5, 0.6) is 5.75 Å². The number of ether oxygens (including phenoxy) is 1. The van der Waals surface area contributed by atoms with Gasteiger partial charge < -0.3 is 4.74 Å². The lowest BCUT2D eigenvalue weighted by molar-refractivity contribution is -0.385. The Morgan fingerprint density at radius 3 is 2.67 bits per heavy atom. The van der Waals surface area contributed by atoms with E-state index in [0.29, 0.717) is 0 Å². The average Bonchev–Trinajstić information content (AvgIpc) is 2.27. The maximum atomic E-state index is 12.0. The summed E-state index contributed by atoms with van der Waals surface area (Å²) in [6.07, 6.45) is -0.305. The van der Waals surface area contributed by atoms with Gasteiger partial charge in [-0.3, -0.25) is 14.9 Å². The minimum absolute atomic E-state index is 0.0104. The number of halogens is 3. The normalized spacial score (nSPS) is 10.4. The predicted molar refractivity (Wildman–Crippen MR) is 59.2 cm³/mol. The fraction of sp³-hybridized carbons (Fsp3) is 0.300. The van der Waals surface area contributed by atoms with Crippen LogP contribution in [0.1, 0.15) is 5.56 Å². The van der Waals surface area contributed by atoms with Gasteiger partial charge in [0.05, 0.1) is 10.8 Å². The van der Waals surface area contributed by atoms with Crippen molar-refractivity contribution in [1.82, 2.24) is 0 Å². The number of hydrogen-bond donors (Lipinski definition) is 0. The number of nitrogens with zero attached hydrogens (tertiary/aromatic N) is 1. The first kappa shape index (κ1) is 14.3. The number of carbonyl (C=O) groups is 1. The van der Waals surface area contributed by atoms with E-state index in [4.69, 9.17) is 11.6 Å². The molecule has 98 valence electrons. The van der Waals surface area contributed by atoms with E-state index in [-0.39, 0.29) is 29.3 Å². The molecule has 1 aromatic rings. The molecule has 0 aliphatic heterocycles. The molecule has 0 N–H and O–H groups in total. The highest BCUT2D eigenvalue weighted by Gasteiger charge is 2.18. The van der Waals surface area contributed by atoms with Gasteiger partial charge in [-0.15, -0.1) is 11.6 Å². The van der Waals surface area contributed by atoms with Crippen LogP contribution in [-0.2, 0) is 11.2 Å². The number of nitro groups is 1. The van der Waals surface area contributed by atoms with Crippen molar-refractivity contribution in [2.45, 2.75) is 13.0 Å². The van der Waals surface area contributed by atoms with Crippen LogP contribution in [0.25, 0.3) is 0 Å². The van der Waals surface area contributed by atoms with Gasteiger partial charge in [0.15, 0.2) is 5.78 Å². The van der Waals surface area contributed by atoms with Crippen molar-refractivity contribution in [3.63, 3.8) is 0 Å². The number of Topliss-reactive ketones (excluding diaryl/α,β-unsaturated/α-hetero) is 1. The van der Waals surface area contributed by atoms with Crippen molar-refractivity contribution in [2.24, 2.45) is 0 Å². The van der Waals surface area contributed by atoms with Crippen LogP contribution in [0.4, 0.5) is 14.5 Å². The molecule has 0 radical (unpaired) electrons. The minimum Gasteiger partial charge on any atom is -0.435 e. The topological polar surface area (TPSA) is 69.4 Å². The van der Waals surface area contributed by atoms with Crippen molar-refractivity contribution < 1.29 is 23.2 Å². The van der Waals surface area contributed by atoms with Crippen LogP contribution in [0.2, 0.25) is 0 Å². The molecule has 0 bridgehead atoms. The number of carbonyl (C=O) groups excluding carboxylic acids is 1. The zero-order chi connectivity index (χ0) is 13.7. The van der Waals surface area contributed by atoms with Crippen LogP contribution < -0.4 is 4.74 Å². The molecule has 8 heteroatoms. The lowest BCUT2D eigenvalue weighted by Crippen LogP contribution is -2.08. The van der Waals surface area contributed by atoms with E-state index in [1.165, 1.54) is 0 Å². The molecular weight excluding hydrogens is 272 g/mol. The molecule has 0 aromatic heterocycles. The molecule has 0 heterocycles. The number of nitro benzene ring substituents is 1.